The van der Waals surface area contributed by atoms with Crippen LogP contribution >= 0.6 is 0 Å². The van der Waals surface area contributed by atoms with Crippen molar-refractivity contribution in [2.75, 3.05) is 46.1 Å². The van der Waals surface area contributed by atoms with Crippen LogP contribution in [-0.4, -0.2) is 116 Å². The van der Waals surface area contributed by atoms with Crippen LogP contribution < -0.4 is 42.2 Å². The third-order valence-electron chi connectivity index (χ3n) is 11.9. The maximum absolute atomic E-state index is 14.2. The standard InChI is InChI=1S/C50H67N7O10/c1-6-45(59)67-39-19-18-37(43(27-39)65-31-38(52)28-51)29-57(21-23-64-24-22-57)30-44(58)54-40(20-17-35-13-9-7-10-14-35)48(62)53-34(4)47(61)56-42(26-36-15-11-8-12-16-36)49(63)55-41(25-33(2)3)46(60)50(5)32-66-50/h7-16,18-19,27-28,33-34,40-42H,6,17,20-26,29-32,51-52H2,1-5H3,(H3-,53,54,55,56,58,61,62,63)/p+1/b38-28-/t34-,40-,41-,42-,50+/m0/s1. The predicted molar refractivity (Wildman–Crippen MR) is 251 cm³/mol. The van der Waals surface area contributed by atoms with E-state index in [1.54, 1.807) is 32.0 Å². The smallest absolute Gasteiger partial charge is 0.310 e. The fourth-order valence-electron chi connectivity index (χ4n) is 7.84. The first-order chi connectivity index (χ1) is 32.0. The fourth-order valence-corrected chi connectivity index (χ4v) is 7.84. The minimum absolute atomic E-state index is 0.0206. The van der Waals surface area contributed by atoms with Crippen LogP contribution in [0.25, 0.3) is 0 Å². The number of ether oxygens (including phenoxy) is 4. The molecule has 2 fully saturated rings. The molecule has 2 heterocycles. The highest BCUT2D eigenvalue weighted by atomic mass is 16.6. The molecule has 0 unspecified atom stereocenters. The van der Waals surface area contributed by atoms with Crippen molar-refractivity contribution in [3.63, 3.8) is 0 Å². The Morgan fingerprint density at radius 3 is 2.06 bits per heavy atom. The summed E-state index contributed by atoms with van der Waals surface area (Å²) in [6.07, 6.45) is 2.59. The zero-order valence-electron chi connectivity index (χ0n) is 39.3. The van der Waals surface area contributed by atoms with E-state index in [9.17, 15) is 28.8 Å². The first-order valence-electron chi connectivity index (χ1n) is 23.0. The Balaban J connectivity index is 1.32. The molecule has 0 aliphatic carbocycles. The normalized spacial score (nSPS) is 18.3. The van der Waals surface area contributed by atoms with Gasteiger partial charge in [0.2, 0.25) is 17.7 Å². The molecule has 0 radical (unpaired) electrons. The number of nitrogens with zero attached hydrogens (tertiary/aromatic N) is 1. The van der Waals surface area contributed by atoms with Crippen molar-refractivity contribution in [1.29, 1.82) is 0 Å². The number of carbonyl (C=O) groups is 6. The first kappa shape index (κ1) is 51.7. The summed E-state index contributed by atoms with van der Waals surface area (Å²) in [6.45, 7) is 11.1. The van der Waals surface area contributed by atoms with Gasteiger partial charge in [0.25, 0.3) is 5.91 Å². The molecule has 0 spiro atoms. The Hall–Kier alpha value is -6.30. The van der Waals surface area contributed by atoms with Crippen molar-refractivity contribution < 1.29 is 52.2 Å². The minimum atomic E-state index is -1.12. The van der Waals surface area contributed by atoms with Crippen molar-refractivity contribution >= 4 is 35.4 Å². The number of quaternary nitrogens is 1. The number of nitrogens with one attached hydrogen (secondary N) is 4. The van der Waals surface area contributed by atoms with Crippen molar-refractivity contribution in [1.82, 2.24) is 21.3 Å². The Kier molecular flexibility index (Phi) is 18.9. The zero-order chi connectivity index (χ0) is 48.6. The summed E-state index contributed by atoms with van der Waals surface area (Å²) in [5.41, 5.74) is 13.3. The molecule has 2 aliphatic rings. The van der Waals surface area contributed by atoms with Gasteiger partial charge < -0.3 is 56.2 Å². The minimum Gasteiger partial charge on any atom is -0.487 e. The molecule has 2 saturated heterocycles. The van der Waals surface area contributed by atoms with Crippen molar-refractivity contribution in [2.24, 2.45) is 17.4 Å². The number of hydrogen-bond acceptors (Lipinski definition) is 12. The molecule has 17 heteroatoms. The molecule has 0 saturated carbocycles. The number of ketones is 1. The second-order valence-electron chi connectivity index (χ2n) is 18.0. The summed E-state index contributed by atoms with van der Waals surface area (Å²) in [7, 11) is 0. The van der Waals surface area contributed by atoms with Crippen LogP contribution in [0.4, 0.5) is 0 Å². The summed E-state index contributed by atoms with van der Waals surface area (Å²) < 4.78 is 22.9. The number of epoxide rings is 1. The van der Waals surface area contributed by atoms with Crippen LogP contribution in [-0.2, 0) is 57.6 Å². The Bertz CT molecular complexity index is 2190. The lowest BCUT2D eigenvalue weighted by Crippen LogP contribution is -2.61. The molecule has 3 aromatic rings. The van der Waals surface area contributed by atoms with Gasteiger partial charge in [0.1, 0.15) is 61.5 Å². The molecule has 0 aromatic heterocycles. The molecule has 5 atom stereocenters. The molecule has 0 bridgehead atoms. The second kappa shape index (κ2) is 24.5. The van der Waals surface area contributed by atoms with Crippen LogP contribution in [0.3, 0.4) is 0 Å². The van der Waals surface area contributed by atoms with Gasteiger partial charge >= 0.3 is 5.97 Å². The first-order valence-corrected chi connectivity index (χ1v) is 23.0. The van der Waals surface area contributed by atoms with Gasteiger partial charge in [0, 0.05) is 30.7 Å². The third-order valence-corrected chi connectivity index (χ3v) is 11.9. The van der Waals surface area contributed by atoms with E-state index >= 15 is 0 Å². The number of benzene rings is 3. The average Bonchev–Trinajstić information content (AvgIpc) is 4.07. The van der Waals surface area contributed by atoms with E-state index in [1.807, 2.05) is 74.5 Å². The van der Waals surface area contributed by atoms with Crippen molar-refractivity contribution in [3.05, 3.63) is 107 Å². The number of esters is 1. The summed E-state index contributed by atoms with van der Waals surface area (Å²) in [5, 5.41) is 11.5. The molecule has 67 heavy (non-hydrogen) atoms. The predicted octanol–water partition coefficient (Wildman–Crippen LogP) is 2.73. The van der Waals surface area contributed by atoms with Crippen LogP contribution in [0.1, 0.15) is 70.6 Å². The molecular formula is C50H68N7O10+. The highest BCUT2D eigenvalue weighted by molar-refractivity contribution is 5.98. The third kappa shape index (κ3) is 15.9. The number of hydrogen-bond donors (Lipinski definition) is 6. The number of aryl methyl sites for hydroxylation is 1. The Morgan fingerprint density at radius 2 is 1.45 bits per heavy atom. The van der Waals surface area contributed by atoms with E-state index in [0.717, 1.165) is 16.7 Å². The van der Waals surface area contributed by atoms with Gasteiger partial charge in [-0.15, -0.1) is 0 Å². The molecular weight excluding hydrogens is 859 g/mol. The van der Waals surface area contributed by atoms with Crippen LogP contribution in [0.5, 0.6) is 11.5 Å². The lowest BCUT2D eigenvalue weighted by atomic mass is 9.93. The molecule has 8 N–H and O–H groups in total. The van der Waals surface area contributed by atoms with Gasteiger partial charge in [0.15, 0.2) is 12.3 Å². The maximum Gasteiger partial charge on any atom is 0.310 e. The van der Waals surface area contributed by atoms with Gasteiger partial charge in [-0.2, -0.15) is 0 Å². The van der Waals surface area contributed by atoms with E-state index in [1.165, 1.54) is 13.1 Å². The molecule has 2 aliphatic heterocycles. The molecule has 4 amide bonds. The fraction of sp³-hybridized carbons (Fsp3) is 0.480. The van der Waals surface area contributed by atoms with E-state index in [2.05, 4.69) is 21.3 Å². The SMILES string of the molecule is CCC(=O)Oc1ccc(C[N+]2(CC(=O)N[C@@H](CCc3ccccc3)C(=O)N[C@@H](C)C(=O)N[C@@H](Cc3ccccc3)C(=O)N[C@@H](CC(C)C)C(=O)[C@@]3(C)CO3)CCOCC2)c(OC/C(N)=C/N)c1. The summed E-state index contributed by atoms with van der Waals surface area (Å²) in [6, 6.07) is 19.7. The Morgan fingerprint density at radius 1 is 0.821 bits per heavy atom. The van der Waals surface area contributed by atoms with Gasteiger partial charge in [-0.25, -0.2) is 0 Å². The van der Waals surface area contributed by atoms with E-state index in [0.29, 0.717) is 51.4 Å². The number of Topliss-reactive ketones (excluding diaryl/α,β-unsaturated/α-hetero) is 1. The summed E-state index contributed by atoms with van der Waals surface area (Å²) in [4.78, 5) is 81.9. The van der Waals surface area contributed by atoms with Crippen LogP contribution in [0.2, 0.25) is 0 Å². The molecule has 5 rings (SSSR count). The lowest BCUT2D eigenvalue weighted by molar-refractivity contribution is -0.940. The lowest BCUT2D eigenvalue weighted by Gasteiger charge is -2.41. The highest BCUT2D eigenvalue weighted by Gasteiger charge is 2.50. The van der Waals surface area contributed by atoms with E-state index in [-0.39, 0.29) is 66.7 Å². The number of nitrogens with two attached hydrogens (primary N) is 2. The molecule has 17 nitrogen and oxygen atoms in total. The summed E-state index contributed by atoms with van der Waals surface area (Å²) in [5.74, 6) is -2.01. The molecule has 362 valence electrons. The highest BCUT2D eigenvalue weighted by Crippen LogP contribution is 2.31. The van der Waals surface area contributed by atoms with Crippen molar-refractivity contribution in [2.45, 2.75) is 103 Å². The number of morpholine rings is 1. The number of amides is 4. The van der Waals surface area contributed by atoms with E-state index in [4.69, 9.17) is 30.4 Å². The van der Waals surface area contributed by atoms with Crippen molar-refractivity contribution in [3.8, 4) is 11.5 Å². The number of carbonyl (C=O) groups excluding carboxylic acids is 6. The second-order valence-corrected chi connectivity index (χ2v) is 18.0. The van der Waals surface area contributed by atoms with E-state index < -0.39 is 59.4 Å². The van der Waals surface area contributed by atoms with Crippen LogP contribution in [0, 0.1) is 5.92 Å². The van der Waals surface area contributed by atoms with Gasteiger partial charge in [0.05, 0.1) is 31.6 Å². The summed E-state index contributed by atoms with van der Waals surface area (Å²) >= 11 is 0. The monoisotopic (exact) mass is 927 g/mol. The average molecular weight is 927 g/mol. The van der Waals surface area contributed by atoms with Gasteiger partial charge in [-0.05, 0) is 62.3 Å². The largest absolute Gasteiger partial charge is 0.487 e. The van der Waals surface area contributed by atoms with Gasteiger partial charge in [-0.3, -0.25) is 28.8 Å². The molecule has 3 aromatic carbocycles. The van der Waals surface area contributed by atoms with Crippen LogP contribution in [0.15, 0.2) is 90.8 Å². The zero-order valence-corrected chi connectivity index (χ0v) is 39.3. The van der Waals surface area contributed by atoms with Gasteiger partial charge in [-0.1, -0.05) is 81.4 Å². The number of rotatable bonds is 25. The topological polar surface area (TPSA) is 243 Å². The Labute approximate surface area is 393 Å². The quantitative estimate of drug-likeness (QED) is 0.0311. The maximum atomic E-state index is 14.2.